The third-order valence-corrected chi connectivity index (χ3v) is 1.91. The zero-order valence-electron chi connectivity index (χ0n) is 8.22. The molecule has 1 aromatic carbocycles. The molecule has 0 saturated carbocycles. The van der Waals surface area contributed by atoms with Crippen LogP contribution in [0.5, 0.6) is 0 Å². The molecule has 2 aromatic rings. The molecule has 0 atom stereocenters. The van der Waals surface area contributed by atoms with E-state index in [2.05, 4.69) is 9.68 Å². The zero-order valence-corrected chi connectivity index (χ0v) is 8.22. The molecule has 0 aliphatic rings. The molecule has 4 nitrogen and oxygen atoms in total. The number of carbonyl (C=O) groups is 1. The van der Waals surface area contributed by atoms with Gasteiger partial charge in [0, 0.05) is 6.07 Å². The maximum absolute atomic E-state index is 12.8. The standard InChI is InChI=1S/C11H8FNO3/c12-9-3-1-2-8(6-9)7-15-11(14)10-4-5-16-13-10/h1-6H,7H2. The minimum Gasteiger partial charge on any atom is -0.456 e. The number of hydrogen-bond acceptors (Lipinski definition) is 4. The monoisotopic (exact) mass is 221 g/mol. The molecule has 0 aliphatic carbocycles. The maximum atomic E-state index is 12.8. The van der Waals surface area contributed by atoms with E-state index in [0.717, 1.165) is 0 Å². The molecule has 2 rings (SSSR count). The number of halogens is 1. The Hall–Kier alpha value is -2.17. The Kier molecular flexibility index (Phi) is 2.95. The molecule has 0 radical (unpaired) electrons. The quantitative estimate of drug-likeness (QED) is 0.745. The van der Waals surface area contributed by atoms with Crippen LogP contribution >= 0.6 is 0 Å². The third kappa shape index (κ3) is 2.44. The Bertz CT molecular complexity index is 482. The highest BCUT2D eigenvalue weighted by Crippen LogP contribution is 2.06. The van der Waals surface area contributed by atoms with Crippen molar-refractivity contribution in [3.63, 3.8) is 0 Å². The Morgan fingerprint density at radius 2 is 2.31 bits per heavy atom. The second-order valence-corrected chi connectivity index (χ2v) is 3.09. The molecular formula is C11H8FNO3. The molecule has 0 amide bonds. The van der Waals surface area contributed by atoms with Gasteiger partial charge in [0.05, 0.1) is 0 Å². The van der Waals surface area contributed by atoms with E-state index in [0.29, 0.717) is 5.56 Å². The van der Waals surface area contributed by atoms with Crippen LogP contribution < -0.4 is 0 Å². The first-order valence-corrected chi connectivity index (χ1v) is 4.57. The van der Waals surface area contributed by atoms with Gasteiger partial charge in [-0.3, -0.25) is 0 Å². The largest absolute Gasteiger partial charge is 0.456 e. The molecule has 5 heteroatoms. The van der Waals surface area contributed by atoms with Crippen molar-refractivity contribution in [2.75, 3.05) is 0 Å². The first-order valence-electron chi connectivity index (χ1n) is 4.57. The van der Waals surface area contributed by atoms with Crippen LogP contribution in [0.4, 0.5) is 4.39 Å². The fourth-order valence-electron chi connectivity index (χ4n) is 1.17. The summed E-state index contributed by atoms with van der Waals surface area (Å²) in [7, 11) is 0. The first kappa shape index (κ1) is 10.4. The molecule has 0 spiro atoms. The smallest absolute Gasteiger partial charge is 0.360 e. The predicted molar refractivity (Wildman–Crippen MR) is 52.0 cm³/mol. The SMILES string of the molecule is O=C(OCc1cccc(F)c1)c1ccon1. The summed E-state index contributed by atoms with van der Waals surface area (Å²) in [6, 6.07) is 7.24. The molecule has 0 aliphatic heterocycles. The van der Waals surface area contributed by atoms with Gasteiger partial charge in [-0.1, -0.05) is 17.3 Å². The van der Waals surface area contributed by atoms with Crippen molar-refractivity contribution < 1.29 is 18.4 Å². The normalized spacial score (nSPS) is 10.1. The zero-order chi connectivity index (χ0) is 11.4. The number of nitrogens with zero attached hydrogens (tertiary/aromatic N) is 1. The van der Waals surface area contributed by atoms with Crippen LogP contribution in [-0.2, 0) is 11.3 Å². The second kappa shape index (κ2) is 4.57. The van der Waals surface area contributed by atoms with Crippen LogP contribution in [0, 0.1) is 5.82 Å². The van der Waals surface area contributed by atoms with Crippen LogP contribution in [0.25, 0.3) is 0 Å². The van der Waals surface area contributed by atoms with Gasteiger partial charge >= 0.3 is 5.97 Å². The number of benzene rings is 1. The minimum atomic E-state index is -0.599. The van der Waals surface area contributed by atoms with E-state index < -0.39 is 5.97 Å². The molecule has 82 valence electrons. The summed E-state index contributed by atoms with van der Waals surface area (Å²) in [5, 5.41) is 3.42. The molecule has 0 fully saturated rings. The van der Waals surface area contributed by atoms with Crippen LogP contribution in [0.1, 0.15) is 16.1 Å². The van der Waals surface area contributed by atoms with E-state index in [9.17, 15) is 9.18 Å². The van der Waals surface area contributed by atoms with Crippen molar-refractivity contribution >= 4 is 5.97 Å². The molecular weight excluding hydrogens is 213 g/mol. The van der Waals surface area contributed by atoms with Gasteiger partial charge in [-0.05, 0) is 17.7 Å². The van der Waals surface area contributed by atoms with Gasteiger partial charge in [-0.15, -0.1) is 0 Å². The number of ether oxygens (including phenoxy) is 1. The average molecular weight is 221 g/mol. The molecule has 1 heterocycles. The van der Waals surface area contributed by atoms with Gasteiger partial charge in [0.25, 0.3) is 0 Å². The van der Waals surface area contributed by atoms with Crippen molar-refractivity contribution in [3.8, 4) is 0 Å². The average Bonchev–Trinajstić information content (AvgIpc) is 2.79. The van der Waals surface area contributed by atoms with Crippen LogP contribution in [0.2, 0.25) is 0 Å². The number of carbonyl (C=O) groups excluding carboxylic acids is 1. The lowest BCUT2D eigenvalue weighted by atomic mass is 10.2. The van der Waals surface area contributed by atoms with Crippen molar-refractivity contribution in [2.24, 2.45) is 0 Å². The Labute approximate surface area is 90.6 Å². The van der Waals surface area contributed by atoms with Crippen LogP contribution in [0.3, 0.4) is 0 Å². The van der Waals surface area contributed by atoms with E-state index in [1.807, 2.05) is 0 Å². The van der Waals surface area contributed by atoms with E-state index in [4.69, 9.17) is 4.74 Å². The molecule has 0 unspecified atom stereocenters. The van der Waals surface area contributed by atoms with E-state index >= 15 is 0 Å². The lowest BCUT2D eigenvalue weighted by Crippen LogP contribution is -2.05. The Balaban J connectivity index is 1.95. The minimum absolute atomic E-state index is 0.00343. The summed E-state index contributed by atoms with van der Waals surface area (Å²) in [4.78, 5) is 11.3. The second-order valence-electron chi connectivity index (χ2n) is 3.09. The van der Waals surface area contributed by atoms with Crippen molar-refractivity contribution in [1.29, 1.82) is 0 Å². The summed E-state index contributed by atoms with van der Waals surface area (Å²) in [5.74, 6) is -0.965. The molecule has 1 aromatic heterocycles. The molecule has 16 heavy (non-hydrogen) atoms. The van der Waals surface area contributed by atoms with Crippen LogP contribution in [-0.4, -0.2) is 11.1 Å². The van der Waals surface area contributed by atoms with Gasteiger partial charge < -0.3 is 9.26 Å². The maximum Gasteiger partial charge on any atom is 0.360 e. The number of aromatic nitrogens is 1. The summed E-state index contributed by atoms with van der Waals surface area (Å²) < 4.78 is 22.2. The summed E-state index contributed by atoms with van der Waals surface area (Å²) in [5.41, 5.74) is 0.674. The highest BCUT2D eigenvalue weighted by molar-refractivity contribution is 5.86. The highest BCUT2D eigenvalue weighted by Gasteiger charge is 2.10. The molecule has 0 bridgehead atoms. The van der Waals surface area contributed by atoms with Crippen molar-refractivity contribution in [3.05, 3.63) is 53.7 Å². The summed E-state index contributed by atoms with van der Waals surface area (Å²) in [6.07, 6.45) is 1.28. The van der Waals surface area contributed by atoms with E-state index in [1.54, 1.807) is 12.1 Å². The Morgan fingerprint density at radius 1 is 1.44 bits per heavy atom. The predicted octanol–water partition coefficient (Wildman–Crippen LogP) is 2.17. The van der Waals surface area contributed by atoms with Gasteiger partial charge in [-0.2, -0.15) is 0 Å². The number of hydrogen-bond donors (Lipinski definition) is 0. The van der Waals surface area contributed by atoms with Crippen molar-refractivity contribution in [1.82, 2.24) is 5.16 Å². The fraction of sp³-hybridized carbons (Fsp3) is 0.0909. The summed E-state index contributed by atoms with van der Waals surface area (Å²) >= 11 is 0. The first-order chi connectivity index (χ1) is 7.75. The van der Waals surface area contributed by atoms with Crippen molar-refractivity contribution in [2.45, 2.75) is 6.61 Å². The van der Waals surface area contributed by atoms with Gasteiger partial charge in [-0.25, -0.2) is 9.18 Å². The Morgan fingerprint density at radius 3 is 3.00 bits per heavy atom. The van der Waals surface area contributed by atoms with E-state index in [-0.39, 0.29) is 18.1 Å². The fourth-order valence-corrected chi connectivity index (χ4v) is 1.17. The van der Waals surface area contributed by atoms with Gasteiger partial charge in [0.15, 0.2) is 5.69 Å². The number of esters is 1. The van der Waals surface area contributed by atoms with Gasteiger partial charge in [0.1, 0.15) is 18.7 Å². The lowest BCUT2D eigenvalue weighted by Gasteiger charge is -2.02. The number of rotatable bonds is 3. The highest BCUT2D eigenvalue weighted by atomic mass is 19.1. The third-order valence-electron chi connectivity index (χ3n) is 1.91. The summed E-state index contributed by atoms with van der Waals surface area (Å²) in [6.45, 7) is 0.00343. The molecule has 0 N–H and O–H groups in total. The lowest BCUT2D eigenvalue weighted by molar-refractivity contribution is 0.0460. The van der Waals surface area contributed by atoms with Crippen LogP contribution in [0.15, 0.2) is 41.1 Å². The van der Waals surface area contributed by atoms with Gasteiger partial charge in [0.2, 0.25) is 0 Å². The van der Waals surface area contributed by atoms with E-state index in [1.165, 1.54) is 24.5 Å². The topological polar surface area (TPSA) is 52.3 Å². The molecule has 0 saturated heterocycles.